The van der Waals surface area contributed by atoms with E-state index in [2.05, 4.69) is 20.8 Å². The van der Waals surface area contributed by atoms with Crippen LogP contribution in [0.1, 0.15) is 10.4 Å². The molecular formula is C19H17F2N5O. The first-order valence-electron chi connectivity index (χ1n) is 8.06. The van der Waals surface area contributed by atoms with Gasteiger partial charge in [0.05, 0.1) is 17.4 Å². The van der Waals surface area contributed by atoms with Gasteiger partial charge in [-0.3, -0.25) is 4.79 Å². The third-order valence-corrected chi connectivity index (χ3v) is 3.75. The normalized spacial score (nSPS) is 10.4. The topological polar surface area (TPSA) is 70.2 Å². The molecule has 0 aliphatic rings. The molecule has 0 radical (unpaired) electrons. The van der Waals surface area contributed by atoms with E-state index in [1.54, 1.807) is 30.5 Å². The highest BCUT2D eigenvalue weighted by Gasteiger charge is 2.12. The van der Waals surface area contributed by atoms with E-state index in [4.69, 9.17) is 0 Å². The molecule has 1 aromatic heterocycles. The maximum Gasteiger partial charge on any atom is 0.258 e. The predicted octanol–water partition coefficient (Wildman–Crippen LogP) is 3.82. The van der Waals surface area contributed by atoms with Gasteiger partial charge in [-0.1, -0.05) is 0 Å². The van der Waals surface area contributed by atoms with Crippen molar-refractivity contribution in [1.29, 1.82) is 0 Å². The lowest BCUT2D eigenvalue weighted by atomic mass is 10.2. The Morgan fingerprint density at radius 3 is 2.37 bits per heavy atom. The average molecular weight is 369 g/mol. The Balaban J connectivity index is 1.68. The van der Waals surface area contributed by atoms with Crippen molar-refractivity contribution < 1.29 is 13.6 Å². The summed E-state index contributed by atoms with van der Waals surface area (Å²) in [7, 11) is 3.81. The van der Waals surface area contributed by atoms with Gasteiger partial charge in [-0.05, 0) is 36.4 Å². The monoisotopic (exact) mass is 369 g/mol. The molecule has 0 aliphatic heterocycles. The van der Waals surface area contributed by atoms with Crippen molar-refractivity contribution in [3.8, 4) is 0 Å². The third kappa shape index (κ3) is 4.55. The zero-order valence-corrected chi connectivity index (χ0v) is 14.7. The van der Waals surface area contributed by atoms with Crippen LogP contribution in [0.4, 0.5) is 31.7 Å². The van der Waals surface area contributed by atoms with Gasteiger partial charge in [-0.15, -0.1) is 5.10 Å². The minimum atomic E-state index is -0.912. The van der Waals surface area contributed by atoms with Crippen molar-refractivity contribution in [3.63, 3.8) is 0 Å². The molecule has 2 N–H and O–H groups in total. The number of halogens is 2. The van der Waals surface area contributed by atoms with Crippen molar-refractivity contribution in [2.45, 2.75) is 0 Å². The lowest BCUT2D eigenvalue weighted by Gasteiger charge is -2.13. The zero-order chi connectivity index (χ0) is 19.4. The molecule has 0 atom stereocenters. The molecule has 27 heavy (non-hydrogen) atoms. The molecule has 1 amide bonds. The van der Waals surface area contributed by atoms with E-state index in [1.807, 2.05) is 25.1 Å². The summed E-state index contributed by atoms with van der Waals surface area (Å²) in [5.41, 5.74) is 1.89. The number of carbonyl (C=O) groups excluding carboxylic acids is 1. The van der Waals surface area contributed by atoms with Crippen LogP contribution in [0.2, 0.25) is 0 Å². The third-order valence-electron chi connectivity index (χ3n) is 3.75. The number of carbonyl (C=O) groups is 1. The van der Waals surface area contributed by atoms with E-state index < -0.39 is 17.5 Å². The summed E-state index contributed by atoms with van der Waals surface area (Å²) in [4.78, 5) is 14.0. The fourth-order valence-corrected chi connectivity index (χ4v) is 2.32. The standard InChI is InChI=1S/C19H17F2N5O/c1-26(2)15-10-18(25-22-11-15)23-13-4-6-14(7-5-13)24-19(27)16-8-3-12(20)9-17(16)21/h3-11H,1-2H3,(H,23,25)(H,24,27). The molecule has 0 spiro atoms. The first-order chi connectivity index (χ1) is 12.9. The van der Waals surface area contributed by atoms with Crippen LogP contribution in [-0.2, 0) is 0 Å². The van der Waals surface area contributed by atoms with Gasteiger partial charge < -0.3 is 15.5 Å². The van der Waals surface area contributed by atoms with Crippen LogP contribution in [-0.4, -0.2) is 30.2 Å². The molecule has 6 nitrogen and oxygen atoms in total. The summed E-state index contributed by atoms with van der Waals surface area (Å²) in [6.07, 6.45) is 1.65. The molecule has 138 valence electrons. The maximum atomic E-state index is 13.7. The summed E-state index contributed by atoms with van der Waals surface area (Å²) < 4.78 is 26.6. The molecule has 1 heterocycles. The van der Waals surface area contributed by atoms with Gasteiger partial charge >= 0.3 is 0 Å². The van der Waals surface area contributed by atoms with Crippen molar-refractivity contribution in [2.75, 3.05) is 29.6 Å². The summed E-state index contributed by atoms with van der Waals surface area (Å²) in [5, 5.41) is 13.6. The Bertz CT molecular complexity index is 961. The molecule has 3 rings (SSSR count). The number of hydrogen-bond donors (Lipinski definition) is 2. The van der Waals surface area contributed by atoms with Gasteiger partial charge in [0, 0.05) is 37.6 Å². The number of rotatable bonds is 5. The zero-order valence-electron chi connectivity index (χ0n) is 14.7. The van der Waals surface area contributed by atoms with Crippen LogP contribution < -0.4 is 15.5 Å². The van der Waals surface area contributed by atoms with Crippen LogP contribution in [0.25, 0.3) is 0 Å². The Kier molecular flexibility index (Phi) is 5.25. The fraction of sp³-hybridized carbons (Fsp3) is 0.105. The molecule has 2 aromatic carbocycles. The van der Waals surface area contributed by atoms with E-state index in [1.165, 1.54) is 0 Å². The van der Waals surface area contributed by atoms with Gasteiger partial charge in [0.25, 0.3) is 5.91 Å². The molecule has 0 saturated carbocycles. The summed E-state index contributed by atoms with van der Waals surface area (Å²) in [6, 6.07) is 11.4. The first kappa shape index (κ1) is 18.2. The summed E-state index contributed by atoms with van der Waals surface area (Å²) >= 11 is 0. The molecule has 0 aliphatic carbocycles. The van der Waals surface area contributed by atoms with E-state index >= 15 is 0 Å². The Hall–Kier alpha value is -3.55. The molecule has 0 bridgehead atoms. The summed E-state index contributed by atoms with van der Waals surface area (Å²) in [6.45, 7) is 0. The van der Waals surface area contributed by atoms with E-state index in [-0.39, 0.29) is 5.56 Å². The number of benzene rings is 2. The highest BCUT2D eigenvalue weighted by Crippen LogP contribution is 2.20. The quantitative estimate of drug-likeness (QED) is 0.716. The number of anilines is 4. The second-order valence-electron chi connectivity index (χ2n) is 5.97. The van der Waals surface area contributed by atoms with E-state index in [0.717, 1.165) is 23.5 Å². The van der Waals surface area contributed by atoms with Gasteiger partial charge in [-0.25, -0.2) is 8.78 Å². The van der Waals surface area contributed by atoms with Crippen LogP contribution in [0.15, 0.2) is 54.7 Å². The van der Waals surface area contributed by atoms with E-state index in [9.17, 15) is 13.6 Å². The average Bonchev–Trinajstić information content (AvgIpc) is 2.63. The van der Waals surface area contributed by atoms with Gasteiger partial charge in [-0.2, -0.15) is 5.10 Å². The Labute approximate surface area is 154 Å². The Morgan fingerprint density at radius 2 is 1.70 bits per heavy atom. The van der Waals surface area contributed by atoms with Crippen LogP contribution in [0.3, 0.4) is 0 Å². The minimum Gasteiger partial charge on any atom is -0.376 e. The number of aromatic nitrogens is 2. The lowest BCUT2D eigenvalue weighted by Crippen LogP contribution is -2.13. The SMILES string of the molecule is CN(C)c1cnnc(Nc2ccc(NC(=O)c3ccc(F)cc3F)cc2)c1. The lowest BCUT2D eigenvalue weighted by molar-refractivity contribution is 0.102. The van der Waals surface area contributed by atoms with Crippen LogP contribution >= 0.6 is 0 Å². The molecule has 0 unspecified atom stereocenters. The maximum absolute atomic E-state index is 13.7. The predicted molar refractivity (Wildman–Crippen MR) is 100 cm³/mol. The fourth-order valence-electron chi connectivity index (χ4n) is 2.32. The Morgan fingerprint density at radius 1 is 1.00 bits per heavy atom. The number of nitrogens with one attached hydrogen (secondary N) is 2. The molecular weight excluding hydrogens is 352 g/mol. The highest BCUT2D eigenvalue weighted by molar-refractivity contribution is 6.04. The molecule has 3 aromatic rings. The largest absolute Gasteiger partial charge is 0.376 e. The molecule has 8 heteroatoms. The van der Waals surface area contributed by atoms with Gasteiger partial charge in [0.1, 0.15) is 11.6 Å². The van der Waals surface area contributed by atoms with Crippen LogP contribution in [0.5, 0.6) is 0 Å². The van der Waals surface area contributed by atoms with Crippen molar-refractivity contribution in [1.82, 2.24) is 10.2 Å². The number of hydrogen-bond acceptors (Lipinski definition) is 5. The number of nitrogens with zero attached hydrogens (tertiary/aromatic N) is 3. The van der Waals surface area contributed by atoms with E-state index in [0.29, 0.717) is 17.6 Å². The molecule has 0 saturated heterocycles. The minimum absolute atomic E-state index is 0.227. The van der Waals surface area contributed by atoms with Crippen LogP contribution in [0, 0.1) is 11.6 Å². The van der Waals surface area contributed by atoms with Gasteiger partial charge in [0.2, 0.25) is 0 Å². The second-order valence-corrected chi connectivity index (χ2v) is 5.97. The van der Waals surface area contributed by atoms with Crippen molar-refractivity contribution in [2.24, 2.45) is 0 Å². The summed E-state index contributed by atoms with van der Waals surface area (Å²) in [5.74, 6) is -1.73. The second kappa shape index (κ2) is 7.77. The number of amides is 1. The first-order valence-corrected chi connectivity index (χ1v) is 8.06. The van der Waals surface area contributed by atoms with Crippen molar-refractivity contribution >= 4 is 28.8 Å². The van der Waals surface area contributed by atoms with Crippen molar-refractivity contribution in [3.05, 3.63) is 71.9 Å². The smallest absolute Gasteiger partial charge is 0.258 e. The highest BCUT2D eigenvalue weighted by atomic mass is 19.1. The van der Waals surface area contributed by atoms with Gasteiger partial charge in [0.15, 0.2) is 5.82 Å². The molecule has 0 fully saturated rings.